The molecule has 20 heavy (non-hydrogen) atoms. The van der Waals surface area contributed by atoms with Crippen molar-refractivity contribution in [1.29, 1.82) is 0 Å². The second-order valence-electron chi connectivity index (χ2n) is 6.54. The van der Waals surface area contributed by atoms with Gasteiger partial charge >= 0.3 is 0 Å². The fourth-order valence-corrected chi connectivity index (χ4v) is 3.50. The van der Waals surface area contributed by atoms with Crippen LogP contribution in [0.2, 0.25) is 0 Å². The van der Waals surface area contributed by atoms with Crippen molar-refractivity contribution >= 4 is 11.8 Å². The van der Waals surface area contributed by atoms with Crippen LogP contribution in [0.1, 0.15) is 45.4 Å². The molecule has 0 aromatic rings. The molecule has 2 amide bonds. The molecule has 1 aliphatic carbocycles. The van der Waals surface area contributed by atoms with Gasteiger partial charge < -0.3 is 16.0 Å². The summed E-state index contributed by atoms with van der Waals surface area (Å²) in [5.74, 6) is 0.587. The number of likely N-dealkylation sites (tertiary alicyclic amines) is 1. The number of nitrogens with one attached hydrogen (secondary N) is 2. The van der Waals surface area contributed by atoms with Crippen LogP contribution in [-0.4, -0.2) is 37.5 Å². The molecule has 1 aliphatic heterocycles. The molecule has 2 fully saturated rings. The van der Waals surface area contributed by atoms with E-state index in [1.807, 2.05) is 0 Å². The minimum Gasteiger partial charge on any atom is -0.369 e. The van der Waals surface area contributed by atoms with E-state index in [0.717, 1.165) is 32.4 Å². The Balaban J connectivity index is 1.71. The van der Waals surface area contributed by atoms with Crippen LogP contribution in [0.15, 0.2) is 0 Å². The molecule has 4 N–H and O–H groups in total. The lowest BCUT2D eigenvalue weighted by Gasteiger charge is -2.31. The van der Waals surface area contributed by atoms with Crippen LogP contribution >= 0.6 is 0 Å². The van der Waals surface area contributed by atoms with Gasteiger partial charge in [-0.2, -0.15) is 0 Å². The van der Waals surface area contributed by atoms with Gasteiger partial charge in [0, 0.05) is 24.8 Å². The van der Waals surface area contributed by atoms with Crippen molar-refractivity contribution in [3.05, 3.63) is 0 Å². The Morgan fingerprint density at radius 1 is 1.15 bits per heavy atom. The Morgan fingerprint density at radius 3 is 2.40 bits per heavy atom. The average Bonchev–Trinajstić information content (AvgIpc) is 2.42. The van der Waals surface area contributed by atoms with Gasteiger partial charge in [0.1, 0.15) is 0 Å². The van der Waals surface area contributed by atoms with E-state index >= 15 is 0 Å². The maximum atomic E-state index is 12.1. The Bertz CT molecular complexity index is 351. The summed E-state index contributed by atoms with van der Waals surface area (Å²) in [6, 6.07) is 0.360. The highest BCUT2D eigenvalue weighted by molar-refractivity contribution is 5.77. The second kappa shape index (κ2) is 7.07. The molecule has 2 atom stereocenters. The highest BCUT2D eigenvalue weighted by atomic mass is 16.2. The van der Waals surface area contributed by atoms with Crippen LogP contribution in [0.4, 0.5) is 0 Å². The second-order valence-corrected chi connectivity index (χ2v) is 6.54. The summed E-state index contributed by atoms with van der Waals surface area (Å²) in [7, 11) is 0. The molecule has 5 heteroatoms. The van der Waals surface area contributed by atoms with Crippen molar-refractivity contribution in [2.75, 3.05) is 19.6 Å². The predicted molar refractivity (Wildman–Crippen MR) is 77.0 cm³/mol. The molecular formula is C15H28N3O2+. The number of rotatable bonds is 4. The van der Waals surface area contributed by atoms with E-state index in [9.17, 15) is 9.59 Å². The molecule has 5 nitrogen and oxygen atoms in total. The Labute approximate surface area is 121 Å². The fourth-order valence-electron chi connectivity index (χ4n) is 3.50. The first-order valence-corrected chi connectivity index (χ1v) is 7.98. The third-order valence-electron chi connectivity index (χ3n) is 4.96. The van der Waals surface area contributed by atoms with Gasteiger partial charge in [0.25, 0.3) is 5.91 Å². The average molecular weight is 282 g/mol. The van der Waals surface area contributed by atoms with Crippen LogP contribution in [0.25, 0.3) is 0 Å². The maximum Gasteiger partial charge on any atom is 0.275 e. The van der Waals surface area contributed by atoms with Crippen LogP contribution in [0.3, 0.4) is 0 Å². The molecule has 0 unspecified atom stereocenters. The molecule has 2 aliphatic rings. The summed E-state index contributed by atoms with van der Waals surface area (Å²) >= 11 is 0. The smallest absolute Gasteiger partial charge is 0.275 e. The highest BCUT2D eigenvalue weighted by Gasteiger charge is 2.28. The molecule has 1 saturated heterocycles. The topological polar surface area (TPSA) is 76.6 Å². The first kappa shape index (κ1) is 15.3. The molecular weight excluding hydrogens is 254 g/mol. The Hall–Kier alpha value is -1.10. The van der Waals surface area contributed by atoms with Crippen molar-refractivity contribution in [2.24, 2.45) is 17.6 Å². The van der Waals surface area contributed by atoms with Gasteiger partial charge in [-0.3, -0.25) is 9.59 Å². The van der Waals surface area contributed by atoms with Crippen molar-refractivity contribution < 1.29 is 14.5 Å². The Morgan fingerprint density at radius 2 is 1.80 bits per heavy atom. The molecule has 0 spiro atoms. The van der Waals surface area contributed by atoms with Crippen LogP contribution in [0.5, 0.6) is 0 Å². The normalized spacial score (nSPS) is 34.5. The third kappa shape index (κ3) is 4.20. The Kier molecular flexibility index (Phi) is 5.40. The number of hydrogen-bond donors (Lipinski definition) is 3. The standard InChI is InChI=1S/C15H27N3O2/c1-11-4-2-3-5-13(11)17-14(19)10-18-8-6-12(7-9-18)15(16)20/h11-13H,2-10H2,1H3,(H2,16,20)(H,17,19)/p+1/t11-,13-/m0/s1. The van der Waals surface area contributed by atoms with E-state index in [0.29, 0.717) is 18.5 Å². The SMILES string of the molecule is C[C@H]1CCCC[C@@H]1NC(=O)C[NH+]1CCC(C(N)=O)CC1. The number of carbonyl (C=O) groups excluding carboxylic acids is 2. The molecule has 1 saturated carbocycles. The number of primary amides is 1. The van der Waals surface area contributed by atoms with Gasteiger partial charge in [-0.1, -0.05) is 19.8 Å². The number of amides is 2. The lowest BCUT2D eigenvalue weighted by molar-refractivity contribution is -0.897. The van der Waals surface area contributed by atoms with Crippen molar-refractivity contribution in [1.82, 2.24) is 5.32 Å². The molecule has 0 bridgehead atoms. The zero-order chi connectivity index (χ0) is 14.5. The summed E-state index contributed by atoms with van der Waals surface area (Å²) in [5.41, 5.74) is 5.33. The van der Waals surface area contributed by atoms with Crippen LogP contribution in [-0.2, 0) is 9.59 Å². The lowest BCUT2D eigenvalue weighted by atomic mass is 9.86. The lowest BCUT2D eigenvalue weighted by Crippen LogP contribution is -3.14. The van der Waals surface area contributed by atoms with E-state index in [4.69, 9.17) is 5.73 Å². The molecule has 114 valence electrons. The predicted octanol–water partition coefficient (Wildman–Crippen LogP) is -0.538. The summed E-state index contributed by atoms with van der Waals surface area (Å²) in [6.07, 6.45) is 6.49. The van der Waals surface area contributed by atoms with Gasteiger partial charge in [0.05, 0.1) is 13.1 Å². The van der Waals surface area contributed by atoms with Gasteiger partial charge in [0.2, 0.25) is 5.91 Å². The van der Waals surface area contributed by atoms with Crippen molar-refractivity contribution in [2.45, 2.75) is 51.5 Å². The summed E-state index contributed by atoms with van der Waals surface area (Å²) < 4.78 is 0. The first-order valence-electron chi connectivity index (χ1n) is 7.98. The van der Waals surface area contributed by atoms with E-state index in [1.54, 1.807) is 0 Å². The van der Waals surface area contributed by atoms with Crippen molar-refractivity contribution in [3.8, 4) is 0 Å². The number of piperidine rings is 1. The number of carbonyl (C=O) groups is 2. The van der Waals surface area contributed by atoms with Gasteiger partial charge in [-0.05, 0) is 18.8 Å². The minimum atomic E-state index is -0.190. The molecule has 0 aromatic heterocycles. The summed E-state index contributed by atoms with van der Waals surface area (Å²) in [5, 5.41) is 3.20. The molecule has 0 radical (unpaired) electrons. The van der Waals surface area contributed by atoms with Crippen molar-refractivity contribution in [3.63, 3.8) is 0 Å². The molecule has 1 heterocycles. The van der Waals surface area contributed by atoms with Gasteiger partial charge in [-0.25, -0.2) is 0 Å². The van der Waals surface area contributed by atoms with E-state index in [2.05, 4.69) is 12.2 Å². The quantitative estimate of drug-likeness (QED) is 0.648. The van der Waals surface area contributed by atoms with E-state index < -0.39 is 0 Å². The highest BCUT2D eigenvalue weighted by Crippen LogP contribution is 2.23. The van der Waals surface area contributed by atoms with Crippen LogP contribution < -0.4 is 16.0 Å². The summed E-state index contributed by atoms with van der Waals surface area (Å²) in [6.45, 7) is 4.52. The van der Waals surface area contributed by atoms with E-state index in [-0.39, 0.29) is 17.7 Å². The monoisotopic (exact) mass is 282 g/mol. The molecule has 2 rings (SSSR count). The molecule has 0 aromatic carbocycles. The first-order chi connectivity index (χ1) is 9.56. The zero-order valence-corrected chi connectivity index (χ0v) is 12.5. The zero-order valence-electron chi connectivity index (χ0n) is 12.5. The maximum absolute atomic E-state index is 12.1. The summed E-state index contributed by atoms with van der Waals surface area (Å²) in [4.78, 5) is 24.5. The van der Waals surface area contributed by atoms with Gasteiger partial charge in [0.15, 0.2) is 6.54 Å². The van der Waals surface area contributed by atoms with Gasteiger partial charge in [-0.15, -0.1) is 0 Å². The van der Waals surface area contributed by atoms with Crippen LogP contribution in [0, 0.1) is 11.8 Å². The largest absolute Gasteiger partial charge is 0.369 e. The number of nitrogens with two attached hydrogens (primary N) is 1. The minimum absolute atomic E-state index is 0.0141. The number of hydrogen-bond acceptors (Lipinski definition) is 2. The fraction of sp³-hybridized carbons (Fsp3) is 0.867. The number of quaternary nitrogens is 1. The van der Waals surface area contributed by atoms with E-state index in [1.165, 1.54) is 24.2 Å². The third-order valence-corrected chi connectivity index (χ3v) is 4.96.